The summed E-state index contributed by atoms with van der Waals surface area (Å²) in [6.07, 6.45) is 1.92. The number of rotatable bonds is 3. The first kappa shape index (κ1) is 16.3. The molecule has 126 valence electrons. The van der Waals surface area contributed by atoms with Gasteiger partial charge in [0.2, 0.25) is 5.91 Å². The molecule has 3 rings (SSSR count). The minimum atomic E-state index is -0.479. The van der Waals surface area contributed by atoms with Crippen LogP contribution in [-0.2, 0) is 0 Å². The Kier molecular flexibility index (Phi) is 4.42. The minimum Gasteiger partial charge on any atom is -0.366 e. The van der Waals surface area contributed by atoms with Crippen LogP contribution < -0.4 is 5.73 Å². The predicted molar refractivity (Wildman–Crippen MR) is 93.0 cm³/mol. The Morgan fingerprint density at radius 1 is 0.917 bits per heavy atom. The second kappa shape index (κ2) is 6.51. The molecule has 1 aliphatic rings. The Balaban J connectivity index is 1.66. The van der Waals surface area contributed by atoms with E-state index in [1.165, 1.54) is 11.4 Å². The van der Waals surface area contributed by atoms with Gasteiger partial charge in [0, 0.05) is 41.6 Å². The highest BCUT2D eigenvalue weighted by Crippen LogP contribution is 2.27. The van der Waals surface area contributed by atoms with E-state index in [4.69, 9.17) is 5.73 Å². The van der Waals surface area contributed by atoms with Crippen LogP contribution in [0.5, 0.6) is 0 Å². The number of likely N-dealkylation sites (tertiary alicyclic amines) is 1. The molecule has 2 N–H and O–H groups in total. The van der Waals surface area contributed by atoms with Gasteiger partial charge >= 0.3 is 0 Å². The van der Waals surface area contributed by atoms with Crippen molar-refractivity contribution in [1.29, 1.82) is 0 Å². The van der Waals surface area contributed by atoms with Gasteiger partial charge in [-0.3, -0.25) is 9.59 Å². The number of primary amides is 1. The van der Waals surface area contributed by atoms with Crippen molar-refractivity contribution >= 4 is 11.8 Å². The number of benzene rings is 1. The smallest absolute Gasteiger partial charge is 0.253 e. The minimum absolute atomic E-state index is 0.0189. The number of amides is 2. The standard InChI is InChI=1S/C19H23N3O2/c1-13-3-4-14(2)22(13)17-9-11-21(12-10-17)19(24)16-7-5-15(6-8-16)18(20)23/h3-8,17H,9-12H2,1-2H3,(H2,20,23). The summed E-state index contributed by atoms with van der Waals surface area (Å²) in [5.74, 6) is -0.460. The van der Waals surface area contributed by atoms with E-state index in [1.807, 2.05) is 4.90 Å². The molecule has 2 amide bonds. The van der Waals surface area contributed by atoms with E-state index in [0.29, 0.717) is 17.2 Å². The van der Waals surface area contributed by atoms with Gasteiger partial charge in [0.25, 0.3) is 5.91 Å². The Labute approximate surface area is 142 Å². The number of aromatic nitrogens is 1. The van der Waals surface area contributed by atoms with Gasteiger partial charge in [0.15, 0.2) is 0 Å². The predicted octanol–water partition coefficient (Wildman–Crippen LogP) is 2.68. The molecule has 0 bridgehead atoms. The molecule has 1 aliphatic heterocycles. The summed E-state index contributed by atoms with van der Waals surface area (Å²) in [7, 11) is 0. The van der Waals surface area contributed by atoms with E-state index in [-0.39, 0.29) is 5.91 Å². The van der Waals surface area contributed by atoms with Gasteiger partial charge in [-0.15, -0.1) is 0 Å². The van der Waals surface area contributed by atoms with Gasteiger partial charge in [0.1, 0.15) is 0 Å². The summed E-state index contributed by atoms with van der Waals surface area (Å²) in [6.45, 7) is 5.76. The van der Waals surface area contributed by atoms with Crippen LogP contribution in [-0.4, -0.2) is 34.4 Å². The molecule has 2 aromatic rings. The van der Waals surface area contributed by atoms with Crippen LogP contribution in [0.2, 0.25) is 0 Å². The number of aryl methyl sites for hydroxylation is 2. The molecule has 0 saturated carbocycles. The van der Waals surface area contributed by atoms with Crippen molar-refractivity contribution in [2.45, 2.75) is 32.7 Å². The molecule has 0 spiro atoms. The molecular weight excluding hydrogens is 302 g/mol. The molecular formula is C19H23N3O2. The van der Waals surface area contributed by atoms with Crippen LogP contribution in [0.15, 0.2) is 36.4 Å². The fourth-order valence-electron chi connectivity index (χ4n) is 3.54. The number of nitrogens with zero attached hydrogens (tertiary/aromatic N) is 2. The number of hydrogen-bond donors (Lipinski definition) is 1. The highest BCUT2D eigenvalue weighted by molar-refractivity contribution is 5.97. The van der Waals surface area contributed by atoms with E-state index >= 15 is 0 Å². The molecule has 1 aromatic heterocycles. The number of carbonyl (C=O) groups is 2. The van der Waals surface area contributed by atoms with Crippen LogP contribution in [0.3, 0.4) is 0 Å². The summed E-state index contributed by atoms with van der Waals surface area (Å²) in [6, 6.07) is 11.3. The quantitative estimate of drug-likeness (QED) is 0.942. The summed E-state index contributed by atoms with van der Waals surface area (Å²) >= 11 is 0. The zero-order valence-corrected chi connectivity index (χ0v) is 14.2. The number of nitrogens with two attached hydrogens (primary N) is 1. The largest absolute Gasteiger partial charge is 0.366 e. The van der Waals surface area contributed by atoms with Crippen molar-refractivity contribution in [3.05, 3.63) is 58.9 Å². The van der Waals surface area contributed by atoms with Gasteiger partial charge in [0.05, 0.1) is 0 Å². The number of carbonyl (C=O) groups excluding carboxylic acids is 2. The second-order valence-electron chi connectivity index (χ2n) is 6.45. The van der Waals surface area contributed by atoms with E-state index in [9.17, 15) is 9.59 Å². The maximum Gasteiger partial charge on any atom is 0.253 e. The second-order valence-corrected chi connectivity index (χ2v) is 6.45. The van der Waals surface area contributed by atoms with Crippen LogP contribution >= 0.6 is 0 Å². The van der Waals surface area contributed by atoms with Crippen molar-refractivity contribution in [3.8, 4) is 0 Å². The molecule has 1 aromatic carbocycles. The molecule has 2 heterocycles. The van der Waals surface area contributed by atoms with Crippen LogP contribution in [0.4, 0.5) is 0 Å². The summed E-state index contributed by atoms with van der Waals surface area (Å²) in [4.78, 5) is 25.6. The Morgan fingerprint density at radius 3 is 1.92 bits per heavy atom. The molecule has 24 heavy (non-hydrogen) atoms. The van der Waals surface area contributed by atoms with Crippen LogP contribution in [0, 0.1) is 13.8 Å². The first-order valence-corrected chi connectivity index (χ1v) is 8.31. The summed E-state index contributed by atoms with van der Waals surface area (Å²) < 4.78 is 2.38. The molecule has 0 aliphatic carbocycles. The lowest BCUT2D eigenvalue weighted by Crippen LogP contribution is -2.39. The van der Waals surface area contributed by atoms with Gasteiger partial charge < -0.3 is 15.2 Å². The average Bonchev–Trinajstić information content (AvgIpc) is 2.93. The highest BCUT2D eigenvalue weighted by atomic mass is 16.2. The lowest BCUT2D eigenvalue weighted by atomic mass is 10.0. The zero-order chi connectivity index (χ0) is 17.3. The number of hydrogen-bond acceptors (Lipinski definition) is 2. The third kappa shape index (κ3) is 3.07. The lowest BCUT2D eigenvalue weighted by molar-refractivity contribution is 0.0693. The van der Waals surface area contributed by atoms with Crippen LogP contribution in [0.25, 0.3) is 0 Å². The average molecular weight is 325 g/mol. The highest BCUT2D eigenvalue weighted by Gasteiger charge is 2.25. The normalized spacial score (nSPS) is 15.5. The van der Waals surface area contributed by atoms with Crippen molar-refractivity contribution in [3.63, 3.8) is 0 Å². The van der Waals surface area contributed by atoms with Gasteiger partial charge in [-0.05, 0) is 63.1 Å². The molecule has 5 heteroatoms. The third-order valence-electron chi connectivity index (χ3n) is 4.86. The van der Waals surface area contributed by atoms with Gasteiger partial charge in [-0.1, -0.05) is 0 Å². The molecule has 0 radical (unpaired) electrons. The maximum atomic E-state index is 12.6. The topological polar surface area (TPSA) is 68.3 Å². The molecule has 0 unspecified atom stereocenters. The molecule has 1 fully saturated rings. The van der Waals surface area contributed by atoms with Crippen LogP contribution in [0.1, 0.15) is 51.0 Å². The van der Waals surface area contributed by atoms with Gasteiger partial charge in [-0.25, -0.2) is 0 Å². The van der Waals surface area contributed by atoms with E-state index in [1.54, 1.807) is 24.3 Å². The fourth-order valence-corrected chi connectivity index (χ4v) is 3.54. The Bertz CT molecular complexity index is 734. The monoisotopic (exact) mass is 325 g/mol. The Morgan fingerprint density at radius 2 is 1.42 bits per heavy atom. The van der Waals surface area contributed by atoms with Crippen molar-refractivity contribution < 1.29 is 9.59 Å². The van der Waals surface area contributed by atoms with E-state index in [2.05, 4.69) is 30.5 Å². The van der Waals surface area contributed by atoms with Crippen molar-refractivity contribution in [1.82, 2.24) is 9.47 Å². The number of piperidine rings is 1. The summed E-state index contributed by atoms with van der Waals surface area (Å²) in [5.41, 5.74) is 8.81. The Hall–Kier alpha value is -2.56. The third-order valence-corrected chi connectivity index (χ3v) is 4.86. The maximum absolute atomic E-state index is 12.6. The SMILES string of the molecule is Cc1ccc(C)n1C1CCN(C(=O)c2ccc(C(N)=O)cc2)CC1. The van der Waals surface area contributed by atoms with Crippen molar-refractivity contribution in [2.24, 2.45) is 5.73 Å². The zero-order valence-electron chi connectivity index (χ0n) is 14.2. The van der Waals surface area contributed by atoms with E-state index < -0.39 is 5.91 Å². The van der Waals surface area contributed by atoms with E-state index in [0.717, 1.165) is 25.9 Å². The lowest BCUT2D eigenvalue weighted by Gasteiger charge is -2.34. The molecule has 0 atom stereocenters. The molecule has 1 saturated heterocycles. The molecule has 5 nitrogen and oxygen atoms in total. The first-order chi connectivity index (χ1) is 11.5. The fraction of sp³-hybridized carbons (Fsp3) is 0.368. The van der Waals surface area contributed by atoms with Gasteiger partial charge in [-0.2, -0.15) is 0 Å². The van der Waals surface area contributed by atoms with Crippen molar-refractivity contribution in [2.75, 3.05) is 13.1 Å². The first-order valence-electron chi connectivity index (χ1n) is 8.31. The summed E-state index contributed by atoms with van der Waals surface area (Å²) in [5, 5.41) is 0.